The van der Waals surface area contributed by atoms with Gasteiger partial charge in [0.1, 0.15) is 5.75 Å². The van der Waals surface area contributed by atoms with E-state index in [0.717, 1.165) is 25.9 Å². The van der Waals surface area contributed by atoms with Gasteiger partial charge in [0.15, 0.2) is 6.10 Å². The Bertz CT molecular complexity index is 547. The smallest absolute Gasteiger partial charge is 0.263 e. The second-order valence-electron chi connectivity index (χ2n) is 6.08. The highest BCUT2D eigenvalue weighted by Gasteiger charge is 2.33. The number of ether oxygens (including phenoxy) is 1. The molecule has 0 aromatic heterocycles. The summed E-state index contributed by atoms with van der Waals surface area (Å²) in [6.45, 7) is 3.32. The molecule has 4 nitrogen and oxygen atoms in total. The fourth-order valence-corrected chi connectivity index (χ4v) is 3.76. The zero-order valence-electron chi connectivity index (χ0n) is 12.5. The molecule has 2 bridgehead atoms. The van der Waals surface area contributed by atoms with E-state index in [0.29, 0.717) is 27.9 Å². The van der Waals surface area contributed by atoms with Crippen LogP contribution in [0.4, 0.5) is 0 Å². The standard InChI is InChI=1S/C16H20Cl2N2O2/c1-10(22-15-7-11(17)6-12(18)8-15)16(21)20-5-4-13-2-3-14(9-20)19-13/h6-8,10,13-14,19H,2-5,9H2,1H3. The van der Waals surface area contributed by atoms with Gasteiger partial charge in [0, 0.05) is 35.2 Å². The van der Waals surface area contributed by atoms with Gasteiger partial charge >= 0.3 is 0 Å². The number of likely N-dealkylation sites (tertiary alicyclic amines) is 1. The number of nitrogens with zero attached hydrogens (tertiary/aromatic N) is 1. The maximum atomic E-state index is 12.6. The molecule has 3 unspecified atom stereocenters. The van der Waals surface area contributed by atoms with Crippen LogP contribution in [-0.4, -0.2) is 42.1 Å². The third kappa shape index (κ3) is 3.67. The van der Waals surface area contributed by atoms with E-state index in [1.807, 2.05) is 4.90 Å². The molecule has 1 N–H and O–H groups in total. The number of rotatable bonds is 3. The summed E-state index contributed by atoms with van der Waals surface area (Å²) in [4.78, 5) is 14.5. The van der Waals surface area contributed by atoms with Gasteiger partial charge in [-0.2, -0.15) is 0 Å². The molecule has 2 saturated heterocycles. The van der Waals surface area contributed by atoms with Crippen molar-refractivity contribution in [3.8, 4) is 5.75 Å². The summed E-state index contributed by atoms with van der Waals surface area (Å²) in [7, 11) is 0. The first-order valence-electron chi connectivity index (χ1n) is 7.69. The summed E-state index contributed by atoms with van der Waals surface area (Å²) >= 11 is 11.9. The quantitative estimate of drug-likeness (QED) is 0.917. The lowest BCUT2D eigenvalue weighted by Gasteiger charge is -2.27. The van der Waals surface area contributed by atoms with Gasteiger partial charge in [0.2, 0.25) is 0 Å². The summed E-state index contributed by atoms with van der Waals surface area (Å²) in [5.41, 5.74) is 0. The fraction of sp³-hybridized carbons (Fsp3) is 0.562. The Balaban J connectivity index is 1.63. The molecule has 0 spiro atoms. The molecular formula is C16H20Cl2N2O2. The highest BCUT2D eigenvalue weighted by Crippen LogP contribution is 2.26. The highest BCUT2D eigenvalue weighted by atomic mass is 35.5. The third-order valence-electron chi connectivity index (χ3n) is 4.33. The Morgan fingerprint density at radius 3 is 2.64 bits per heavy atom. The molecule has 0 radical (unpaired) electrons. The van der Waals surface area contributed by atoms with Crippen LogP contribution in [0.2, 0.25) is 10.0 Å². The van der Waals surface area contributed by atoms with E-state index in [9.17, 15) is 4.79 Å². The summed E-state index contributed by atoms with van der Waals surface area (Å²) in [6, 6.07) is 5.96. The minimum Gasteiger partial charge on any atom is -0.481 e. The molecule has 1 aromatic carbocycles. The van der Waals surface area contributed by atoms with Gasteiger partial charge in [0.25, 0.3) is 5.91 Å². The molecule has 0 saturated carbocycles. The highest BCUT2D eigenvalue weighted by molar-refractivity contribution is 6.34. The third-order valence-corrected chi connectivity index (χ3v) is 4.77. The summed E-state index contributed by atoms with van der Waals surface area (Å²) < 4.78 is 5.73. The number of amides is 1. The van der Waals surface area contributed by atoms with Crippen molar-refractivity contribution >= 4 is 29.1 Å². The minimum absolute atomic E-state index is 0.0189. The maximum absolute atomic E-state index is 12.6. The second-order valence-corrected chi connectivity index (χ2v) is 6.95. The van der Waals surface area contributed by atoms with Crippen LogP contribution in [0, 0.1) is 0 Å². The van der Waals surface area contributed by atoms with Crippen molar-refractivity contribution in [1.82, 2.24) is 10.2 Å². The lowest BCUT2D eigenvalue weighted by molar-refractivity contribution is -0.138. The van der Waals surface area contributed by atoms with Gasteiger partial charge in [-0.1, -0.05) is 23.2 Å². The van der Waals surface area contributed by atoms with E-state index in [2.05, 4.69) is 5.32 Å². The van der Waals surface area contributed by atoms with Gasteiger partial charge in [-0.25, -0.2) is 0 Å². The Morgan fingerprint density at radius 1 is 1.23 bits per heavy atom. The van der Waals surface area contributed by atoms with E-state index >= 15 is 0 Å². The van der Waals surface area contributed by atoms with Crippen molar-refractivity contribution in [2.45, 2.75) is 44.4 Å². The minimum atomic E-state index is -0.550. The number of benzene rings is 1. The van der Waals surface area contributed by atoms with Gasteiger partial charge in [-0.05, 0) is 44.4 Å². The maximum Gasteiger partial charge on any atom is 0.263 e. The Morgan fingerprint density at radius 2 is 1.91 bits per heavy atom. The number of hydrogen-bond acceptors (Lipinski definition) is 3. The summed E-state index contributed by atoms with van der Waals surface area (Å²) in [6.07, 6.45) is 2.83. The lowest BCUT2D eigenvalue weighted by Crippen LogP contribution is -2.44. The van der Waals surface area contributed by atoms with Gasteiger partial charge < -0.3 is 15.0 Å². The van der Waals surface area contributed by atoms with Crippen molar-refractivity contribution in [2.75, 3.05) is 13.1 Å². The van der Waals surface area contributed by atoms with Crippen LogP contribution < -0.4 is 10.1 Å². The Kier molecular flexibility index (Phi) is 4.81. The number of carbonyl (C=O) groups excluding carboxylic acids is 1. The number of hydrogen-bond donors (Lipinski definition) is 1. The van der Waals surface area contributed by atoms with Crippen LogP contribution in [0.1, 0.15) is 26.2 Å². The zero-order valence-corrected chi connectivity index (χ0v) is 14.0. The molecule has 2 aliphatic heterocycles. The normalized spacial score (nSPS) is 25.7. The van der Waals surface area contributed by atoms with Gasteiger partial charge in [-0.15, -0.1) is 0 Å². The molecule has 22 heavy (non-hydrogen) atoms. The zero-order chi connectivity index (χ0) is 15.7. The average Bonchev–Trinajstić information content (AvgIpc) is 2.76. The monoisotopic (exact) mass is 342 g/mol. The van der Waals surface area contributed by atoms with Crippen molar-refractivity contribution in [3.05, 3.63) is 28.2 Å². The number of carbonyl (C=O) groups is 1. The Labute approximate surface area is 140 Å². The molecule has 1 amide bonds. The van der Waals surface area contributed by atoms with Crippen LogP contribution in [0.5, 0.6) is 5.75 Å². The summed E-state index contributed by atoms with van der Waals surface area (Å²) in [5.74, 6) is 0.540. The number of halogens is 2. The molecular weight excluding hydrogens is 323 g/mol. The van der Waals surface area contributed by atoms with Crippen LogP contribution in [-0.2, 0) is 4.79 Å². The van der Waals surface area contributed by atoms with E-state index in [1.165, 1.54) is 6.42 Å². The van der Waals surface area contributed by atoms with Crippen molar-refractivity contribution in [2.24, 2.45) is 0 Å². The first-order valence-corrected chi connectivity index (χ1v) is 8.44. The molecule has 3 rings (SSSR count). The van der Waals surface area contributed by atoms with E-state index in [-0.39, 0.29) is 5.91 Å². The predicted octanol–water partition coefficient (Wildman–Crippen LogP) is 3.11. The molecule has 6 heteroatoms. The van der Waals surface area contributed by atoms with Crippen molar-refractivity contribution < 1.29 is 9.53 Å². The van der Waals surface area contributed by atoms with E-state index in [1.54, 1.807) is 25.1 Å². The molecule has 2 heterocycles. The van der Waals surface area contributed by atoms with Gasteiger partial charge in [0.05, 0.1) is 0 Å². The average molecular weight is 343 g/mol. The number of nitrogens with one attached hydrogen (secondary N) is 1. The topological polar surface area (TPSA) is 41.6 Å². The largest absolute Gasteiger partial charge is 0.481 e. The second kappa shape index (κ2) is 6.65. The first-order chi connectivity index (χ1) is 10.5. The molecule has 2 aliphatic rings. The molecule has 120 valence electrons. The SMILES string of the molecule is CC(Oc1cc(Cl)cc(Cl)c1)C(=O)N1CCC2CCC(C1)N2. The van der Waals surface area contributed by atoms with Crippen molar-refractivity contribution in [1.29, 1.82) is 0 Å². The van der Waals surface area contributed by atoms with E-state index < -0.39 is 6.10 Å². The van der Waals surface area contributed by atoms with Crippen molar-refractivity contribution in [3.63, 3.8) is 0 Å². The molecule has 0 aliphatic carbocycles. The fourth-order valence-electron chi connectivity index (χ4n) is 3.25. The molecule has 2 fully saturated rings. The lowest BCUT2D eigenvalue weighted by atomic mass is 10.1. The van der Waals surface area contributed by atoms with Crippen LogP contribution >= 0.6 is 23.2 Å². The Hall–Kier alpha value is -0.970. The van der Waals surface area contributed by atoms with Crippen LogP contribution in [0.15, 0.2) is 18.2 Å². The molecule has 1 aromatic rings. The first kappa shape index (κ1) is 15.9. The number of fused-ring (bicyclic) bond motifs is 2. The molecule has 3 atom stereocenters. The van der Waals surface area contributed by atoms with E-state index in [4.69, 9.17) is 27.9 Å². The predicted molar refractivity (Wildman–Crippen MR) is 87.7 cm³/mol. The van der Waals surface area contributed by atoms with Gasteiger partial charge in [-0.3, -0.25) is 4.79 Å². The van der Waals surface area contributed by atoms with Crippen LogP contribution in [0.25, 0.3) is 0 Å². The van der Waals surface area contributed by atoms with Crippen LogP contribution in [0.3, 0.4) is 0 Å². The summed E-state index contributed by atoms with van der Waals surface area (Å²) in [5, 5.41) is 4.57.